The fourth-order valence-electron chi connectivity index (χ4n) is 0.363. The third-order valence-electron chi connectivity index (χ3n) is 0.739. The van der Waals surface area contributed by atoms with Crippen LogP contribution in [0.15, 0.2) is 0 Å². The van der Waals surface area contributed by atoms with Crippen LogP contribution in [-0.4, -0.2) is 23.0 Å². The van der Waals surface area contributed by atoms with Crippen molar-refractivity contribution in [3.63, 3.8) is 0 Å². The van der Waals surface area contributed by atoms with Gasteiger partial charge >= 0.3 is 5.97 Å². The van der Waals surface area contributed by atoms with Crippen LogP contribution in [0.4, 0.5) is 0 Å². The molecular formula is C6H11NO3. The van der Waals surface area contributed by atoms with E-state index in [4.69, 9.17) is 12.0 Å². The maximum atomic E-state index is 10.6. The van der Waals surface area contributed by atoms with Crippen LogP contribution in [-0.2, 0) is 9.59 Å². The van der Waals surface area contributed by atoms with E-state index in [1.807, 2.05) is 0 Å². The third kappa shape index (κ3) is 3.06. The van der Waals surface area contributed by atoms with Crippen molar-refractivity contribution in [1.82, 2.24) is 5.32 Å². The lowest BCUT2D eigenvalue weighted by molar-refractivity contribution is -0.141. The van der Waals surface area contributed by atoms with Gasteiger partial charge in [-0.1, -0.05) is 6.85 Å². The highest BCUT2D eigenvalue weighted by molar-refractivity contribution is 5.81. The highest BCUT2D eigenvalue weighted by Crippen LogP contribution is 1.89. The van der Waals surface area contributed by atoms with Crippen molar-refractivity contribution < 1.29 is 21.5 Å². The first-order valence-electron chi connectivity index (χ1n) is 5.00. The van der Waals surface area contributed by atoms with E-state index < -0.39 is 31.1 Å². The van der Waals surface area contributed by atoms with E-state index >= 15 is 0 Å². The maximum absolute atomic E-state index is 10.6. The summed E-state index contributed by atoms with van der Waals surface area (Å²) in [6, 6.07) is -2.09. The monoisotopic (exact) mass is 150 g/mol. The summed E-state index contributed by atoms with van der Waals surface area (Å²) in [5, 5.41) is 10.4. The molecule has 0 saturated carbocycles. The Labute approximate surface area is 66.3 Å². The van der Waals surface area contributed by atoms with Gasteiger partial charge in [-0.3, -0.25) is 4.79 Å². The number of rotatable bonds is 3. The van der Waals surface area contributed by atoms with Crippen molar-refractivity contribution in [2.24, 2.45) is 0 Å². The van der Waals surface area contributed by atoms with E-state index in [0.29, 0.717) is 0 Å². The minimum atomic E-state index is -3.13. The van der Waals surface area contributed by atoms with Crippen molar-refractivity contribution in [2.45, 2.75) is 26.2 Å². The molecule has 58 valence electrons. The predicted molar refractivity (Wildman–Crippen MR) is 35.5 cm³/mol. The first-order chi connectivity index (χ1) is 6.50. The molecule has 0 bridgehead atoms. The van der Waals surface area contributed by atoms with Gasteiger partial charge in [0.15, 0.2) is 0 Å². The predicted octanol–water partition coefficient (Wildman–Crippen LogP) is -0.0143. The molecule has 4 nitrogen and oxygen atoms in total. The van der Waals surface area contributed by atoms with Gasteiger partial charge in [-0.25, -0.2) is 4.79 Å². The van der Waals surface area contributed by atoms with Gasteiger partial charge in [0.05, 0.1) is 0 Å². The van der Waals surface area contributed by atoms with E-state index in [0.717, 1.165) is 6.92 Å². The second-order valence-corrected chi connectivity index (χ2v) is 1.62. The molecule has 0 heterocycles. The lowest BCUT2D eigenvalue weighted by Gasteiger charge is -2.08. The van der Waals surface area contributed by atoms with E-state index in [9.17, 15) is 9.59 Å². The minimum absolute atomic E-state index is 0.810. The Morgan fingerprint density at radius 1 is 1.90 bits per heavy atom. The van der Waals surface area contributed by atoms with Crippen molar-refractivity contribution >= 4 is 11.9 Å². The second-order valence-electron chi connectivity index (χ2n) is 1.62. The maximum Gasteiger partial charge on any atom is 0.326 e. The Hall–Kier alpha value is -1.06. The molecule has 0 fully saturated rings. The number of nitrogens with one attached hydrogen (secondary N) is 1. The summed E-state index contributed by atoms with van der Waals surface area (Å²) in [4.78, 5) is 21.2. The summed E-state index contributed by atoms with van der Waals surface area (Å²) in [5.74, 6) is -2.54. The highest BCUT2D eigenvalue weighted by Gasteiger charge is 2.14. The van der Waals surface area contributed by atoms with Crippen LogP contribution >= 0.6 is 0 Å². The number of carboxylic acids is 1. The molecule has 0 aliphatic rings. The van der Waals surface area contributed by atoms with Crippen LogP contribution in [0, 0.1) is 0 Å². The topological polar surface area (TPSA) is 66.4 Å². The molecular weight excluding hydrogens is 134 g/mol. The summed E-state index contributed by atoms with van der Waals surface area (Å²) in [6.45, 7) is -2.15. The molecule has 0 aromatic carbocycles. The van der Waals surface area contributed by atoms with Gasteiger partial charge in [-0.2, -0.15) is 0 Å². The Kier molecular flexibility index (Phi) is 1.30. The lowest BCUT2D eigenvalue weighted by Crippen LogP contribution is -2.38. The molecule has 0 spiro atoms. The molecule has 0 aromatic heterocycles. The van der Waals surface area contributed by atoms with Crippen LogP contribution < -0.4 is 5.32 Å². The van der Waals surface area contributed by atoms with Gasteiger partial charge in [0, 0.05) is 13.8 Å². The van der Waals surface area contributed by atoms with Crippen molar-refractivity contribution in [3.8, 4) is 0 Å². The van der Waals surface area contributed by atoms with E-state index in [1.54, 1.807) is 5.32 Å². The van der Waals surface area contributed by atoms with E-state index in [1.165, 1.54) is 0 Å². The quantitative estimate of drug-likeness (QED) is 0.594. The Bertz CT molecular complexity index is 274. The van der Waals surface area contributed by atoms with Crippen LogP contribution in [0.25, 0.3) is 0 Å². The number of aliphatic carboxylic acids is 1. The third-order valence-corrected chi connectivity index (χ3v) is 0.739. The minimum Gasteiger partial charge on any atom is -0.480 e. The SMILES string of the molecule is [2H]C([2H])([2H])C([2H])([2H])[C@@H](NC(C)=O)C(=O)O. The molecule has 0 unspecified atom stereocenters. The summed E-state index contributed by atoms with van der Waals surface area (Å²) in [5.41, 5.74) is 0. The number of carbonyl (C=O) groups excluding carboxylic acids is 1. The van der Waals surface area contributed by atoms with Gasteiger partial charge in [-0.15, -0.1) is 0 Å². The van der Waals surface area contributed by atoms with Crippen LogP contribution in [0.5, 0.6) is 0 Å². The fraction of sp³-hybridized carbons (Fsp3) is 0.667. The molecule has 4 heteroatoms. The summed E-state index contributed by atoms with van der Waals surface area (Å²) in [7, 11) is 0. The van der Waals surface area contributed by atoms with Gasteiger partial charge in [0.1, 0.15) is 6.04 Å². The molecule has 1 atom stereocenters. The standard InChI is InChI=1S/C6H11NO3/c1-3-5(6(9)10)7-4(2)8/h5H,3H2,1-2H3,(H,7,8)(H,9,10)/t5-/m1/s1/i1D3,3D2. The van der Waals surface area contributed by atoms with Gasteiger partial charge in [0.25, 0.3) is 0 Å². The number of carboxylic acid groups (broad SMARTS) is 1. The molecule has 0 aromatic rings. The number of carbonyl (C=O) groups is 2. The Morgan fingerprint density at radius 2 is 2.50 bits per heavy atom. The van der Waals surface area contributed by atoms with Crippen molar-refractivity contribution in [3.05, 3.63) is 0 Å². The van der Waals surface area contributed by atoms with Crippen LogP contribution in [0.3, 0.4) is 0 Å². The summed E-state index contributed by atoms with van der Waals surface area (Å²) >= 11 is 0. The number of hydrogen-bond acceptors (Lipinski definition) is 2. The second kappa shape index (κ2) is 3.87. The smallest absolute Gasteiger partial charge is 0.326 e. The molecule has 0 aliphatic carbocycles. The fourth-order valence-corrected chi connectivity index (χ4v) is 0.363. The molecule has 0 radical (unpaired) electrons. The zero-order valence-corrected chi connectivity index (χ0v) is 5.34. The number of hydrogen-bond donors (Lipinski definition) is 2. The Balaban J connectivity index is 5.08. The van der Waals surface area contributed by atoms with E-state index in [2.05, 4.69) is 0 Å². The summed E-state index contributed by atoms with van der Waals surface area (Å²) < 4.78 is 34.9. The van der Waals surface area contributed by atoms with Crippen molar-refractivity contribution in [1.29, 1.82) is 0 Å². The first kappa shape index (κ1) is 3.37. The molecule has 1 amide bonds. The Morgan fingerprint density at radius 3 is 2.80 bits per heavy atom. The lowest BCUT2D eigenvalue weighted by atomic mass is 10.2. The van der Waals surface area contributed by atoms with Gasteiger partial charge in [-0.05, 0) is 6.37 Å². The molecule has 10 heavy (non-hydrogen) atoms. The number of amides is 1. The van der Waals surface area contributed by atoms with E-state index in [-0.39, 0.29) is 0 Å². The van der Waals surface area contributed by atoms with Crippen molar-refractivity contribution in [2.75, 3.05) is 0 Å². The first-order valence-corrected chi connectivity index (χ1v) is 2.50. The van der Waals surface area contributed by atoms with Gasteiger partial charge < -0.3 is 10.4 Å². The molecule has 0 aliphatic heterocycles. The normalized spacial score (nSPS) is 22.3. The average Bonchev–Trinajstić information content (AvgIpc) is 1.96. The molecule has 0 rings (SSSR count). The average molecular weight is 150 g/mol. The summed E-state index contributed by atoms with van der Waals surface area (Å²) in [6.07, 6.45) is -3.02. The van der Waals surface area contributed by atoms with Crippen LogP contribution in [0.2, 0.25) is 0 Å². The highest BCUT2D eigenvalue weighted by atomic mass is 16.4. The van der Waals surface area contributed by atoms with Gasteiger partial charge in [0.2, 0.25) is 5.91 Å². The zero-order chi connectivity index (χ0) is 12.4. The zero-order valence-electron chi connectivity index (χ0n) is 10.3. The molecule has 0 saturated heterocycles. The molecule has 2 N–H and O–H groups in total. The van der Waals surface area contributed by atoms with Crippen LogP contribution in [0.1, 0.15) is 27.0 Å². The largest absolute Gasteiger partial charge is 0.480 e.